The topological polar surface area (TPSA) is 60.5 Å². The van der Waals surface area contributed by atoms with Crippen molar-refractivity contribution < 1.29 is 14.3 Å². The number of benzene rings is 2. The first-order chi connectivity index (χ1) is 12.7. The summed E-state index contributed by atoms with van der Waals surface area (Å²) in [5, 5.41) is 5.48. The Kier molecular flexibility index (Phi) is 5.99. The predicted molar refractivity (Wildman–Crippen MR) is 103 cm³/mol. The molecular weight excluding hydrogens is 348 g/mol. The Morgan fingerprint density at radius 1 is 1.15 bits per heavy atom. The van der Waals surface area contributed by atoms with Gasteiger partial charge in [-0.05, 0) is 17.7 Å². The first kappa shape index (κ1) is 18.1. The van der Waals surface area contributed by atoms with Crippen molar-refractivity contribution in [3.05, 3.63) is 71.2 Å². The van der Waals surface area contributed by atoms with Gasteiger partial charge in [0.15, 0.2) is 0 Å². The molecule has 0 aliphatic rings. The molecule has 6 heteroatoms. The summed E-state index contributed by atoms with van der Waals surface area (Å²) in [5.74, 6) is 0.538. The highest BCUT2D eigenvalue weighted by molar-refractivity contribution is 7.13. The van der Waals surface area contributed by atoms with Crippen molar-refractivity contribution in [2.45, 2.75) is 6.10 Å². The lowest BCUT2D eigenvalue weighted by molar-refractivity contribution is 0.0824. The number of hydrogen-bond acceptors (Lipinski definition) is 5. The van der Waals surface area contributed by atoms with Crippen LogP contribution in [0, 0.1) is 0 Å². The van der Waals surface area contributed by atoms with Crippen molar-refractivity contribution in [3.63, 3.8) is 0 Å². The number of amides is 1. The molecule has 1 aromatic heterocycles. The third-order valence-corrected chi connectivity index (χ3v) is 4.85. The molecule has 0 radical (unpaired) electrons. The minimum Gasteiger partial charge on any atom is -0.497 e. The molecule has 2 aromatic carbocycles. The second kappa shape index (κ2) is 8.60. The zero-order chi connectivity index (χ0) is 18.4. The molecule has 26 heavy (non-hydrogen) atoms. The molecule has 1 heterocycles. The van der Waals surface area contributed by atoms with Gasteiger partial charge in [0.05, 0.1) is 13.2 Å². The Morgan fingerprint density at radius 2 is 1.96 bits per heavy atom. The van der Waals surface area contributed by atoms with E-state index in [0.29, 0.717) is 12.2 Å². The summed E-state index contributed by atoms with van der Waals surface area (Å²) in [7, 11) is 3.24. The van der Waals surface area contributed by atoms with Crippen molar-refractivity contribution in [2.24, 2.45) is 0 Å². The summed E-state index contributed by atoms with van der Waals surface area (Å²) in [6, 6.07) is 17.4. The van der Waals surface area contributed by atoms with Crippen LogP contribution in [0.2, 0.25) is 0 Å². The highest BCUT2D eigenvalue weighted by Gasteiger charge is 2.16. The molecule has 134 valence electrons. The number of thiazole rings is 1. The van der Waals surface area contributed by atoms with Gasteiger partial charge in [-0.3, -0.25) is 4.79 Å². The largest absolute Gasteiger partial charge is 0.497 e. The van der Waals surface area contributed by atoms with E-state index in [4.69, 9.17) is 9.47 Å². The van der Waals surface area contributed by atoms with Crippen molar-refractivity contribution >= 4 is 17.2 Å². The SMILES string of the molecule is COc1cccc(C(CNC(=O)c2csc(-c3ccccc3)n2)OC)c1. The molecule has 1 N–H and O–H groups in total. The molecule has 0 aliphatic heterocycles. The Morgan fingerprint density at radius 3 is 2.69 bits per heavy atom. The van der Waals surface area contributed by atoms with Crippen molar-refractivity contribution in [2.75, 3.05) is 20.8 Å². The predicted octanol–water partition coefficient (Wildman–Crippen LogP) is 3.94. The van der Waals surface area contributed by atoms with Crippen LogP contribution < -0.4 is 10.1 Å². The number of aromatic nitrogens is 1. The first-order valence-electron chi connectivity index (χ1n) is 8.17. The molecule has 0 bridgehead atoms. The minimum absolute atomic E-state index is 0.214. The Labute approximate surface area is 156 Å². The van der Waals surface area contributed by atoms with Gasteiger partial charge >= 0.3 is 0 Å². The fourth-order valence-electron chi connectivity index (χ4n) is 2.55. The monoisotopic (exact) mass is 368 g/mol. The van der Waals surface area contributed by atoms with E-state index in [2.05, 4.69) is 10.3 Å². The summed E-state index contributed by atoms with van der Waals surface area (Å²) in [5.41, 5.74) is 2.35. The normalized spacial score (nSPS) is 11.8. The fourth-order valence-corrected chi connectivity index (χ4v) is 3.35. The quantitative estimate of drug-likeness (QED) is 0.686. The number of methoxy groups -OCH3 is 2. The number of carbonyl (C=O) groups is 1. The molecule has 0 fully saturated rings. The summed E-state index contributed by atoms with van der Waals surface area (Å²) in [6.45, 7) is 0.348. The van der Waals surface area contributed by atoms with Crippen LogP contribution in [-0.2, 0) is 4.74 Å². The smallest absolute Gasteiger partial charge is 0.270 e. The number of hydrogen-bond donors (Lipinski definition) is 1. The second-order valence-electron chi connectivity index (χ2n) is 5.61. The summed E-state index contributed by atoms with van der Waals surface area (Å²) < 4.78 is 10.7. The van der Waals surface area contributed by atoms with E-state index in [1.165, 1.54) is 11.3 Å². The maximum absolute atomic E-state index is 12.4. The van der Waals surface area contributed by atoms with Crippen LogP contribution in [-0.4, -0.2) is 31.7 Å². The number of rotatable bonds is 7. The van der Waals surface area contributed by atoms with E-state index in [1.807, 2.05) is 54.6 Å². The highest BCUT2D eigenvalue weighted by Crippen LogP contribution is 2.24. The van der Waals surface area contributed by atoms with Crippen molar-refractivity contribution in [1.29, 1.82) is 0 Å². The van der Waals surface area contributed by atoms with E-state index in [1.54, 1.807) is 19.6 Å². The maximum atomic E-state index is 12.4. The third-order valence-electron chi connectivity index (χ3n) is 3.96. The molecule has 1 atom stereocenters. The standard InChI is InChI=1S/C20H20N2O3S/c1-24-16-10-6-9-15(11-16)18(25-2)12-21-19(23)17-13-26-20(22-17)14-7-4-3-5-8-14/h3-11,13,18H,12H2,1-2H3,(H,21,23). The Hall–Kier alpha value is -2.70. The van der Waals surface area contributed by atoms with Gasteiger partial charge in [0.1, 0.15) is 16.5 Å². The number of carbonyl (C=O) groups excluding carboxylic acids is 1. The molecule has 5 nitrogen and oxygen atoms in total. The van der Waals surface area contributed by atoms with E-state index < -0.39 is 0 Å². The van der Waals surface area contributed by atoms with Gasteiger partial charge in [-0.2, -0.15) is 0 Å². The fraction of sp³-hybridized carbons (Fsp3) is 0.200. The number of nitrogens with one attached hydrogen (secondary N) is 1. The van der Waals surface area contributed by atoms with Gasteiger partial charge in [-0.25, -0.2) is 4.98 Å². The number of ether oxygens (including phenoxy) is 2. The number of nitrogens with zero attached hydrogens (tertiary/aromatic N) is 1. The van der Waals surface area contributed by atoms with E-state index in [0.717, 1.165) is 21.9 Å². The zero-order valence-electron chi connectivity index (χ0n) is 14.6. The van der Waals surface area contributed by atoms with Crippen LogP contribution >= 0.6 is 11.3 Å². The summed E-state index contributed by atoms with van der Waals surface area (Å²) >= 11 is 1.45. The zero-order valence-corrected chi connectivity index (χ0v) is 15.5. The van der Waals surface area contributed by atoms with Crippen LogP contribution in [0.4, 0.5) is 0 Å². The minimum atomic E-state index is -0.263. The summed E-state index contributed by atoms with van der Waals surface area (Å²) in [4.78, 5) is 16.8. The highest BCUT2D eigenvalue weighted by atomic mass is 32.1. The first-order valence-corrected chi connectivity index (χ1v) is 9.05. The molecule has 0 saturated carbocycles. The van der Waals surface area contributed by atoms with Crippen LogP contribution in [0.15, 0.2) is 60.0 Å². The summed E-state index contributed by atoms with van der Waals surface area (Å²) in [6.07, 6.45) is -0.263. The van der Waals surface area contributed by atoms with Gasteiger partial charge in [0, 0.05) is 24.6 Å². The van der Waals surface area contributed by atoms with Gasteiger partial charge in [-0.15, -0.1) is 11.3 Å². The lowest BCUT2D eigenvalue weighted by Gasteiger charge is -2.17. The molecule has 0 spiro atoms. The lowest BCUT2D eigenvalue weighted by atomic mass is 10.1. The van der Waals surface area contributed by atoms with Crippen LogP contribution in [0.25, 0.3) is 10.6 Å². The molecule has 3 aromatic rings. The molecule has 1 unspecified atom stereocenters. The molecular formula is C20H20N2O3S. The van der Waals surface area contributed by atoms with Gasteiger partial charge in [0.2, 0.25) is 0 Å². The van der Waals surface area contributed by atoms with Crippen LogP contribution in [0.1, 0.15) is 22.2 Å². The van der Waals surface area contributed by atoms with Crippen molar-refractivity contribution in [3.8, 4) is 16.3 Å². The van der Waals surface area contributed by atoms with E-state index in [-0.39, 0.29) is 12.0 Å². The van der Waals surface area contributed by atoms with E-state index in [9.17, 15) is 4.79 Å². The molecule has 1 amide bonds. The van der Waals surface area contributed by atoms with Crippen molar-refractivity contribution in [1.82, 2.24) is 10.3 Å². The Bertz CT molecular complexity index is 864. The average molecular weight is 368 g/mol. The second-order valence-corrected chi connectivity index (χ2v) is 6.47. The molecule has 0 saturated heterocycles. The Balaban J connectivity index is 1.65. The van der Waals surface area contributed by atoms with Crippen LogP contribution in [0.3, 0.4) is 0 Å². The lowest BCUT2D eigenvalue weighted by Crippen LogP contribution is -2.29. The van der Waals surface area contributed by atoms with E-state index >= 15 is 0 Å². The van der Waals surface area contributed by atoms with Gasteiger partial charge in [-0.1, -0.05) is 42.5 Å². The molecule has 0 aliphatic carbocycles. The maximum Gasteiger partial charge on any atom is 0.270 e. The van der Waals surface area contributed by atoms with Crippen LogP contribution in [0.5, 0.6) is 5.75 Å². The van der Waals surface area contributed by atoms with Gasteiger partial charge in [0.25, 0.3) is 5.91 Å². The molecule has 3 rings (SSSR count). The van der Waals surface area contributed by atoms with Gasteiger partial charge < -0.3 is 14.8 Å². The third kappa shape index (κ3) is 4.28. The average Bonchev–Trinajstić information content (AvgIpc) is 3.19.